The summed E-state index contributed by atoms with van der Waals surface area (Å²) in [5.41, 5.74) is 0.596. The van der Waals surface area contributed by atoms with Crippen molar-refractivity contribution in [1.82, 2.24) is 4.90 Å². The van der Waals surface area contributed by atoms with Gasteiger partial charge in [0.25, 0.3) is 10.0 Å². The Balaban J connectivity index is 1.38. The molecule has 4 rings (SSSR count). The number of carbonyl (C=O) groups excluding carboxylic acids is 3. The lowest BCUT2D eigenvalue weighted by Gasteiger charge is -2.15. The minimum atomic E-state index is -3.90. The molecule has 2 aromatic carbocycles. The van der Waals surface area contributed by atoms with E-state index in [9.17, 15) is 22.8 Å². The highest BCUT2D eigenvalue weighted by Gasteiger charge is 2.46. The van der Waals surface area contributed by atoms with Crippen LogP contribution in [0.1, 0.15) is 19.3 Å². The zero-order valence-corrected chi connectivity index (χ0v) is 19.1. The summed E-state index contributed by atoms with van der Waals surface area (Å²) in [4.78, 5) is 38.6. The van der Waals surface area contributed by atoms with Gasteiger partial charge in [0.15, 0.2) is 0 Å². The standard InChI is InChI=1S/C23H22ClN3O5S/c24-15-5-3-7-17(13-15)26-33(31,32)18-8-4-6-16(14-18)25-21(28)11-12-27-22(29)19-9-1-2-10-20(19)23(27)30/h1-8,13-14,19-20,26H,9-12H2,(H,25,28)/t19-,20-/m1/s1. The van der Waals surface area contributed by atoms with Crippen LogP contribution in [0.5, 0.6) is 0 Å². The fourth-order valence-corrected chi connectivity index (χ4v) is 5.32. The molecule has 8 nitrogen and oxygen atoms in total. The second-order valence-electron chi connectivity index (χ2n) is 7.93. The number of amides is 3. The van der Waals surface area contributed by atoms with Gasteiger partial charge in [0, 0.05) is 23.7 Å². The Kier molecular flexibility index (Phi) is 6.53. The number of hydrogen-bond acceptors (Lipinski definition) is 5. The molecule has 2 aliphatic rings. The highest BCUT2D eigenvalue weighted by molar-refractivity contribution is 7.92. The minimum absolute atomic E-state index is 0.00912. The average molecular weight is 488 g/mol. The fraction of sp³-hybridized carbons (Fsp3) is 0.261. The summed E-state index contributed by atoms with van der Waals surface area (Å²) < 4.78 is 27.8. The summed E-state index contributed by atoms with van der Waals surface area (Å²) in [6, 6.07) is 12.1. The van der Waals surface area contributed by atoms with Crippen molar-refractivity contribution in [3.05, 3.63) is 65.7 Å². The van der Waals surface area contributed by atoms with Crippen LogP contribution in [0.15, 0.2) is 65.6 Å². The number of fused-ring (bicyclic) bond motifs is 1. The third-order valence-corrected chi connectivity index (χ3v) is 7.28. The number of halogens is 1. The van der Waals surface area contributed by atoms with Gasteiger partial charge in [0.05, 0.1) is 22.4 Å². The molecule has 0 saturated carbocycles. The number of anilines is 2. The Morgan fingerprint density at radius 2 is 1.61 bits per heavy atom. The summed E-state index contributed by atoms with van der Waals surface area (Å²) in [5.74, 6) is -1.57. The maximum absolute atomic E-state index is 12.7. The molecule has 1 fully saturated rings. The molecule has 172 valence electrons. The van der Waals surface area contributed by atoms with Crippen molar-refractivity contribution in [2.45, 2.75) is 24.2 Å². The SMILES string of the molecule is O=C(CCN1C(=O)[C@@H]2CC=CC[C@H]2C1=O)Nc1cccc(S(=O)(=O)Nc2cccc(Cl)c2)c1. The van der Waals surface area contributed by atoms with Crippen molar-refractivity contribution in [2.75, 3.05) is 16.6 Å². The van der Waals surface area contributed by atoms with E-state index in [-0.39, 0.29) is 47.2 Å². The second-order valence-corrected chi connectivity index (χ2v) is 10.0. The Morgan fingerprint density at radius 1 is 0.970 bits per heavy atom. The van der Waals surface area contributed by atoms with Gasteiger partial charge in [-0.15, -0.1) is 0 Å². The molecule has 2 aromatic rings. The van der Waals surface area contributed by atoms with Crippen molar-refractivity contribution in [2.24, 2.45) is 11.8 Å². The molecule has 33 heavy (non-hydrogen) atoms. The number of sulfonamides is 1. The van der Waals surface area contributed by atoms with E-state index in [1.807, 2.05) is 12.2 Å². The number of benzene rings is 2. The third kappa shape index (κ3) is 5.09. The Morgan fingerprint density at radius 3 is 2.27 bits per heavy atom. The first-order chi connectivity index (χ1) is 15.7. The van der Waals surface area contributed by atoms with Gasteiger partial charge < -0.3 is 5.32 Å². The number of allylic oxidation sites excluding steroid dienone is 2. The van der Waals surface area contributed by atoms with Gasteiger partial charge in [0.2, 0.25) is 17.7 Å². The topological polar surface area (TPSA) is 113 Å². The summed E-state index contributed by atoms with van der Waals surface area (Å²) >= 11 is 5.90. The van der Waals surface area contributed by atoms with E-state index in [4.69, 9.17) is 11.6 Å². The lowest BCUT2D eigenvalue weighted by atomic mass is 9.85. The van der Waals surface area contributed by atoms with Crippen molar-refractivity contribution < 1.29 is 22.8 Å². The third-order valence-electron chi connectivity index (χ3n) is 5.67. The molecule has 0 unspecified atom stereocenters. The van der Waals surface area contributed by atoms with Crippen LogP contribution >= 0.6 is 11.6 Å². The van der Waals surface area contributed by atoms with Crippen LogP contribution in [0, 0.1) is 11.8 Å². The molecule has 1 aliphatic carbocycles. The van der Waals surface area contributed by atoms with Crippen LogP contribution in [0.2, 0.25) is 5.02 Å². The van der Waals surface area contributed by atoms with Crippen LogP contribution in [0.3, 0.4) is 0 Å². The van der Waals surface area contributed by atoms with Crippen molar-refractivity contribution in [3.8, 4) is 0 Å². The highest BCUT2D eigenvalue weighted by atomic mass is 35.5. The number of nitrogens with zero attached hydrogens (tertiary/aromatic N) is 1. The van der Waals surface area contributed by atoms with Gasteiger partial charge in [-0.3, -0.25) is 24.0 Å². The first-order valence-electron chi connectivity index (χ1n) is 10.4. The van der Waals surface area contributed by atoms with E-state index >= 15 is 0 Å². The molecule has 1 saturated heterocycles. The van der Waals surface area contributed by atoms with E-state index < -0.39 is 15.9 Å². The predicted octanol–water partition coefficient (Wildman–Crippen LogP) is 3.42. The van der Waals surface area contributed by atoms with Crippen LogP contribution in [0.25, 0.3) is 0 Å². The van der Waals surface area contributed by atoms with Crippen molar-refractivity contribution >= 4 is 50.7 Å². The minimum Gasteiger partial charge on any atom is -0.326 e. The van der Waals surface area contributed by atoms with Gasteiger partial charge in [-0.25, -0.2) is 8.42 Å². The smallest absolute Gasteiger partial charge is 0.261 e. The zero-order chi connectivity index (χ0) is 23.6. The quantitative estimate of drug-likeness (QED) is 0.459. The number of carbonyl (C=O) groups is 3. The zero-order valence-electron chi connectivity index (χ0n) is 17.5. The summed E-state index contributed by atoms with van der Waals surface area (Å²) in [7, 11) is -3.90. The summed E-state index contributed by atoms with van der Waals surface area (Å²) in [6.45, 7) is -0.00912. The molecule has 2 N–H and O–H groups in total. The average Bonchev–Trinajstić information content (AvgIpc) is 3.02. The van der Waals surface area contributed by atoms with Crippen LogP contribution in [0.4, 0.5) is 11.4 Å². The van der Waals surface area contributed by atoms with Gasteiger partial charge >= 0.3 is 0 Å². The second kappa shape index (κ2) is 9.36. The number of rotatable bonds is 7. The molecule has 0 spiro atoms. The number of imide groups is 1. The lowest BCUT2D eigenvalue weighted by Crippen LogP contribution is -2.34. The predicted molar refractivity (Wildman–Crippen MR) is 124 cm³/mol. The normalized spacial score (nSPS) is 20.0. The van der Waals surface area contributed by atoms with E-state index in [1.165, 1.54) is 24.3 Å². The molecule has 0 bridgehead atoms. The Hall–Kier alpha value is -3.17. The Labute approximate surface area is 196 Å². The van der Waals surface area contributed by atoms with Gasteiger partial charge in [-0.2, -0.15) is 0 Å². The van der Waals surface area contributed by atoms with Gasteiger partial charge in [-0.05, 0) is 49.2 Å². The maximum atomic E-state index is 12.7. The Bertz CT molecular complexity index is 1220. The first kappa shape index (κ1) is 23.0. The summed E-state index contributed by atoms with van der Waals surface area (Å²) in [5, 5.41) is 3.02. The summed E-state index contributed by atoms with van der Waals surface area (Å²) in [6.07, 6.45) is 4.82. The van der Waals surface area contributed by atoms with Crippen LogP contribution in [-0.2, 0) is 24.4 Å². The van der Waals surface area contributed by atoms with Crippen molar-refractivity contribution in [1.29, 1.82) is 0 Å². The van der Waals surface area contributed by atoms with Gasteiger partial charge in [-0.1, -0.05) is 35.9 Å². The number of likely N-dealkylation sites (tertiary alicyclic amines) is 1. The lowest BCUT2D eigenvalue weighted by molar-refractivity contribution is -0.140. The maximum Gasteiger partial charge on any atom is 0.261 e. The number of hydrogen-bond donors (Lipinski definition) is 2. The monoisotopic (exact) mass is 487 g/mol. The molecule has 1 heterocycles. The fourth-order valence-electron chi connectivity index (χ4n) is 4.03. The molecular weight excluding hydrogens is 466 g/mol. The molecule has 10 heteroatoms. The molecule has 2 atom stereocenters. The van der Waals surface area contributed by atoms with E-state index in [0.717, 1.165) is 4.90 Å². The van der Waals surface area contributed by atoms with E-state index in [1.54, 1.807) is 24.3 Å². The molecule has 3 amide bonds. The van der Waals surface area contributed by atoms with E-state index in [0.29, 0.717) is 23.6 Å². The van der Waals surface area contributed by atoms with Crippen molar-refractivity contribution in [3.63, 3.8) is 0 Å². The first-order valence-corrected chi connectivity index (χ1v) is 12.3. The molecule has 0 radical (unpaired) electrons. The van der Waals surface area contributed by atoms with E-state index in [2.05, 4.69) is 10.0 Å². The molecule has 1 aliphatic heterocycles. The van der Waals surface area contributed by atoms with Crippen LogP contribution in [-0.4, -0.2) is 37.6 Å². The van der Waals surface area contributed by atoms with Crippen LogP contribution < -0.4 is 10.0 Å². The molecular formula is C23H22ClN3O5S. The largest absolute Gasteiger partial charge is 0.326 e. The van der Waals surface area contributed by atoms with Gasteiger partial charge in [0.1, 0.15) is 0 Å². The highest BCUT2D eigenvalue weighted by Crippen LogP contribution is 2.35. The number of nitrogens with one attached hydrogen (secondary N) is 2. The molecule has 0 aromatic heterocycles.